The predicted octanol–water partition coefficient (Wildman–Crippen LogP) is 5.76. The van der Waals surface area contributed by atoms with Crippen molar-refractivity contribution in [2.45, 2.75) is 13.5 Å². The highest BCUT2D eigenvalue weighted by atomic mass is 19.1. The quantitative estimate of drug-likeness (QED) is 0.313. The molecule has 0 spiro atoms. The van der Waals surface area contributed by atoms with Crippen molar-refractivity contribution in [1.29, 1.82) is 0 Å². The number of halogens is 2. The lowest BCUT2D eigenvalue weighted by Gasteiger charge is -2.09. The summed E-state index contributed by atoms with van der Waals surface area (Å²) >= 11 is 0. The van der Waals surface area contributed by atoms with Gasteiger partial charge in [-0.3, -0.25) is 14.8 Å². The lowest BCUT2D eigenvalue weighted by molar-refractivity contribution is -0.384. The van der Waals surface area contributed by atoms with Gasteiger partial charge in [-0.1, -0.05) is 12.1 Å². The predicted molar refractivity (Wildman–Crippen MR) is 110 cm³/mol. The lowest BCUT2D eigenvalue weighted by atomic mass is 10.0. The van der Waals surface area contributed by atoms with Gasteiger partial charge in [0.1, 0.15) is 11.6 Å². The fraction of sp³-hybridized carbons (Fsp3) is 0.0870. The van der Waals surface area contributed by atoms with Gasteiger partial charge >= 0.3 is 0 Å². The summed E-state index contributed by atoms with van der Waals surface area (Å²) in [6.07, 6.45) is 0. The van der Waals surface area contributed by atoms with Crippen molar-refractivity contribution < 1.29 is 13.7 Å². The number of benzene rings is 3. The van der Waals surface area contributed by atoms with E-state index in [4.69, 9.17) is 5.10 Å². The molecule has 4 aromatic rings. The van der Waals surface area contributed by atoms with Crippen molar-refractivity contribution in [2.24, 2.45) is 0 Å². The van der Waals surface area contributed by atoms with Crippen molar-refractivity contribution >= 4 is 5.69 Å². The number of hydrogen-bond acceptors (Lipinski definition) is 3. The highest BCUT2D eigenvalue weighted by Gasteiger charge is 2.18. The van der Waals surface area contributed by atoms with Crippen molar-refractivity contribution in [1.82, 2.24) is 9.78 Å². The molecule has 3 aromatic carbocycles. The topological polar surface area (TPSA) is 61.0 Å². The zero-order valence-corrected chi connectivity index (χ0v) is 16.0. The van der Waals surface area contributed by atoms with Crippen molar-refractivity contribution in [3.05, 3.63) is 106 Å². The maximum atomic E-state index is 13.5. The molecule has 1 heterocycles. The van der Waals surface area contributed by atoms with Crippen LogP contribution in [0.1, 0.15) is 11.1 Å². The van der Waals surface area contributed by atoms with E-state index in [9.17, 15) is 18.9 Å². The Bertz CT molecular complexity index is 1220. The van der Waals surface area contributed by atoms with Crippen LogP contribution in [-0.4, -0.2) is 14.7 Å². The second kappa shape index (κ2) is 7.87. The minimum atomic E-state index is -0.442. The molecule has 5 nitrogen and oxygen atoms in total. The SMILES string of the molecule is Cc1c(-c2ccc(F)cc2)nn(Cc2cccc([N+](=O)[O-])c2)c1-c1ccc(F)cc1. The Balaban J connectivity index is 1.84. The summed E-state index contributed by atoms with van der Waals surface area (Å²) in [6, 6.07) is 18.5. The van der Waals surface area contributed by atoms with E-state index in [1.165, 1.54) is 36.4 Å². The second-order valence-corrected chi connectivity index (χ2v) is 6.92. The van der Waals surface area contributed by atoms with E-state index in [-0.39, 0.29) is 23.9 Å². The third kappa shape index (κ3) is 3.82. The van der Waals surface area contributed by atoms with Crippen LogP contribution in [0, 0.1) is 28.7 Å². The van der Waals surface area contributed by atoms with Crippen LogP contribution in [0.2, 0.25) is 0 Å². The first-order chi connectivity index (χ1) is 14.4. The Kier molecular flexibility index (Phi) is 5.10. The lowest BCUT2D eigenvalue weighted by Crippen LogP contribution is -2.05. The Labute approximate surface area is 171 Å². The molecule has 0 radical (unpaired) electrons. The summed E-state index contributed by atoms with van der Waals surface area (Å²) in [5.74, 6) is -0.689. The minimum absolute atomic E-state index is 0.00142. The van der Waals surface area contributed by atoms with Gasteiger partial charge in [0, 0.05) is 28.8 Å². The van der Waals surface area contributed by atoms with Crippen LogP contribution < -0.4 is 0 Å². The first-order valence-corrected chi connectivity index (χ1v) is 9.25. The van der Waals surface area contributed by atoms with Crippen LogP contribution in [0.4, 0.5) is 14.5 Å². The third-order valence-corrected chi connectivity index (χ3v) is 4.88. The largest absolute Gasteiger partial charge is 0.269 e. The average Bonchev–Trinajstić information content (AvgIpc) is 3.05. The fourth-order valence-corrected chi connectivity index (χ4v) is 3.46. The molecule has 0 unspecified atom stereocenters. The van der Waals surface area contributed by atoms with Crippen LogP contribution in [0.25, 0.3) is 22.5 Å². The van der Waals surface area contributed by atoms with Crippen LogP contribution in [-0.2, 0) is 6.54 Å². The van der Waals surface area contributed by atoms with Gasteiger partial charge in [-0.25, -0.2) is 8.78 Å². The van der Waals surface area contributed by atoms with E-state index in [0.29, 0.717) is 11.3 Å². The molecule has 0 saturated heterocycles. The average molecular weight is 405 g/mol. The van der Waals surface area contributed by atoms with Crippen LogP contribution in [0.5, 0.6) is 0 Å². The molecular weight excluding hydrogens is 388 g/mol. The van der Waals surface area contributed by atoms with E-state index in [1.54, 1.807) is 41.1 Å². The molecule has 0 aliphatic heterocycles. The number of nitrogens with zero attached hydrogens (tertiary/aromatic N) is 3. The second-order valence-electron chi connectivity index (χ2n) is 6.92. The number of non-ortho nitro benzene ring substituents is 1. The molecule has 0 fully saturated rings. The highest BCUT2D eigenvalue weighted by molar-refractivity contribution is 5.74. The molecule has 30 heavy (non-hydrogen) atoms. The summed E-state index contributed by atoms with van der Waals surface area (Å²) in [4.78, 5) is 10.7. The molecule has 7 heteroatoms. The third-order valence-electron chi connectivity index (χ3n) is 4.88. The fourth-order valence-electron chi connectivity index (χ4n) is 3.46. The number of rotatable bonds is 5. The number of nitro groups is 1. The number of nitro benzene ring substituents is 1. The Morgan fingerprint density at radius 2 is 1.53 bits per heavy atom. The molecule has 1 aromatic heterocycles. The first-order valence-electron chi connectivity index (χ1n) is 9.25. The van der Waals surface area contributed by atoms with Crippen LogP contribution >= 0.6 is 0 Å². The summed E-state index contributed by atoms with van der Waals surface area (Å²) in [5, 5.41) is 15.8. The van der Waals surface area contributed by atoms with Crippen molar-refractivity contribution in [3.8, 4) is 22.5 Å². The summed E-state index contributed by atoms with van der Waals surface area (Å²) in [7, 11) is 0. The van der Waals surface area contributed by atoms with Crippen LogP contribution in [0.15, 0.2) is 72.8 Å². The molecule has 4 rings (SSSR count). The van der Waals surface area contributed by atoms with E-state index in [0.717, 1.165) is 22.4 Å². The minimum Gasteiger partial charge on any atom is -0.260 e. The monoisotopic (exact) mass is 405 g/mol. The standard InChI is InChI=1S/C23H17F2N3O2/c1-15-22(17-5-9-19(24)10-6-17)26-27(23(15)18-7-11-20(25)12-8-18)14-16-3-2-4-21(13-16)28(29)30/h2-13H,14H2,1H3. The zero-order valence-electron chi connectivity index (χ0n) is 16.0. The Morgan fingerprint density at radius 1 is 0.933 bits per heavy atom. The van der Waals surface area contributed by atoms with E-state index >= 15 is 0 Å². The Morgan fingerprint density at radius 3 is 2.13 bits per heavy atom. The maximum absolute atomic E-state index is 13.5. The van der Waals surface area contributed by atoms with Crippen LogP contribution in [0.3, 0.4) is 0 Å². The van der Waals surface area contributed by atoms with Gasteiger partial charge in [-0.15, -0.1) is 0 Å². The van der Waals surface area contributed by atoms with E-state index < -0.39 is 4.92 Å². The molecule has 0 bridgehead atoms. The van der Waals surface area contributed by atoms with Gasteiger partial charge < -0.3 is 0 Å². The van der Waals surface area contributed by atoms with Crippen molar-refractivity contribution in [2.75, 3.05) is 0 Å². The molecule has 150 valence electrons. The number of hydrogen-bond donors (Lipinski definition) is 0. The molecule has 0 amide bonds. The van der Waals surface area contributed by atoms with Gasteiger partial charge in [0.15, 0.2) is 0 Å². The maximum Gasteiger partial charge on any atom is 0.269 e. The van der Waals surface area contributed by atoms with Crippen molar-refractivity contribution in [3.63, 3.8) is 0 Å². The summed E-state index contributed by atoms with van der Waals surface area (Å²) in [5.41, 5.74) is 4.49. The van der Waals surface area contributed by atoms with Gasteiger partial charge in [0.25, 0.3) is 5.69 Å². The van der Waals surface area contributed by atoms with Gasteiger partial charge in [0.2, 0.25) is 0 Å². The molecular formula is C23H17F2N3O2. The van der Waals surface area contributed by atoms with E-state index in [2.05, 4.69) is 0 Å². The first kappa shape index (κ1) is 19.4. The molecule has 0 atom stereocenters. The molecule has 0 aliphatic rings. The normalized spacial score (nSPS) is 10.9. The smallest absolute Gasteiger partial charge is 0.260 e. The van der Waals surface area contributed by atoms with Gasteiger partial charge in [-0.05, 0) is 61.0 Å². The van der Waals surface area contributed by atoms with E-state index in [1.807, 2.05) is 6.92 Å². The summed E-state index contributed by atoms with van der Waals surface area (Å²) in [6.45, 7) is 2.19. The molecule has 0 N–H and O–H groups in total. The highest BCUT2D eigenvalue weighted by Crippen LogP contribution is 2.32. The summed E-state index contributed by atoms with van der Waals surface area (Å²) < 4.78 is 28.6. The number of aromatic nitrogens is 2. The Hall–Kier alpha value is -3.87. The molecule has 0 saturated carbocycles. The molecule has 0 aliphatic carbocycles. The van der Waals surface area contributed by atoms with Gasteiger partial charge in [-0.2, -0.15) is 5.10 Å². The zero-order chi connectivity index (χ0) is 21.3. The van der Waals surface area contributed by atoms with Gasteiger partial charge in [0.05, 0.1) is 22.9 Å².